The molecule has 1 aliphatic carbocycles. The van der Waals surface area contributed by atoms with Gasteiger partial charge in [0.1, 0.15) is 12.9 Å². The molecule has 1 fully saturated rings. The number of likely N-dealkylation sites (tertiary alicyclic amines) is 1. The first-order valence-electron chi connectivity index (χ1n) is 8.96. The fourth-order valence-electron chi connectivity index (χ4n) is 2.51. The molecule has 0 unspecified atom stereocenters. The molecule has 1 aliphatic heterocycles. The molecule has 0 N–H and O–H groups in total. The van der Waals surface area contributed by atoms with Crippen LogP contribution in [0.25, 0.3) is 0 Å². The fraction of sp³-hybridized carbons (Fsp3) is 0.684. The van der Waals surface area contributed by atoms with Crippen molar-refractivity contribution in [3.8, 4) is 0 Å². The Balaban J connectivity index is 0.000000593. The van der Waals surface area contributed by atoms with Gasteiger partial charge in [-0.3, -0.25) is 4.90 Å². The molecule has 0 radical (unpaired) electrons. The molecule has 0 saturated carbocycles. The molecule has 0 spiro atoms. The first kappa shape index (κ1) is 19.5. The van der Waals surface area contributed by atoms with Crippen LogP contribution in [0.15, 0.2) is 23.8 Å². The van der Waals surface area contributed by atoms with Crippen LogP contribution in [0, 0.1) is 0 Å². The second-order valence-electron chi connectivity index (χ2n) is 6.09. The van der Waals surface area contributed by atoms with Gasteiger partial charge in [0.2, 0.25) is 0 Å². The van der Waals surface area contributed by atoms with E-state index in [9.17, 15) is 9.59 Å². The number of nitrogens with zero attached hydrogens (tertiary/aromatic N) is 1. The smallest absolute Gasteiger partial charge is 0.410 e. The molecule has 0 aromatic carbocycles. The molecule has 2 rings (SSSR count). The van der Waals surface area contributed by atoms with Gasteiger partial charge in [0.25, 0.3) is 0 Å². The van der Waals surface area contributed by atoms with E-state index < -0.39 is 0 Å². The number of rotatable bonds is 4. The zero-order valence-corrected chi connectivity index (χ0v) is 14.6. The van der Waals surface area contributed by atoms with Crippen LogP contribution in [0.5, 0.6) is 0 Å². The van der Waals surface area contributed by atoms with Crippen molar-refractivity contribution in [2.24, 2.45) is 0 Å². The highest BCUT2D eigenvalue weighted by Gasteiger charge is 2.26. The summed E-state index contributed by atoms with van der Waals surface area (Å²) in [5, 5.41) is 0. The predicted molar refractivity (Wildman–Crippen MR) is 93.4 cm³/mol. The van der Waals surface area contributed by atoms with Crippen LogP contribution in [0.2, 0.25) is 0 Å². The van der Waals surface area contributed by atoms with E-state index in [2.05, 4.69) is 19.9 Å². The van der Waals surface area contributed by atoms with E-state index in [1.165, 1.54) is 12.8 Å². The number of carbonyl (C=O) groups excluding carboxylic acids is 2. The molecule has 0 aromatic rings. The average molecular weight is 321 g/mol. The van der Waals surface area contributed by atoms with Crippen molar-refractivity contribution in [3.63, 3.8) is 0 Å². The van der Waals surface area contributed by atoms with Crippen LogP contribution in [0.1, 0.15) is 65.2 Å². The van der Waals surface area contributed by atoms with Crippen molar-refractivity contribution in [3.05, 3.63) is 23.8 Å². The summed E-state index contributed by atoms with van der Waals surface area (Å²) in [5.41, 5.74) is 1.13. The van der Waals surface area contributed by atoms with E-state index in [1.54, 1.807) is 4.90 Å². The second-order valence-corrected chi connectivity index (χ2v) is 6.09. The van der Waals surface area contributed by atoms with E-state index in [-0.39, 0.29) is 12.1 Å². The summed E-state index contributed by atoms with van der Waals surface area (Å²) in [6.07, 6.45) is 15.0. The van der Waals surface area contributed by atoms with Gasteiger partial charge in [-0.25, -0.2) is 4.79 Å². The van der Waals surface area contributed by atoms with E-state index in [1.807, 2.05) is 12.2 Å². The van der Waals surface area contributed by atoms with Crippen molar-refractivity contribution in [1.29, 1.82) is 0 Å². The quantitative estimate of drug-likeness (QED) is 0.708. The SMILES string of the molecule is CCCC.O=C[C@@H]1CCCCCN1C(=O)OCC1=CC=CCC1. The highest BCUT2D eigenvalue weighted by Crippen LogP contribution is 2.17. The van der Waals surface area contributed by atoms with E-state index >= 15 is 0 Å². The van der Waals surface area contributed by atoms with Crippen molar-refractivity contribution < 1.29 is 14.3 Å². The zero-order valence-electron chi connectivity index (χ0n) is 14.6. The molecule has 4 heteroatoms. The number of ether oxygens (including phenoxy) is 1. The van der Waals surface area contributed by atoms with Gasteiger partial charge in [-0.15, -0.1) is 0 Å². The highest BCUT2D eigenvalue weighted by atomic mass is 16.6. The number of hydrogen-bond donors (Lipinski definition) is 0. The van der Waals surface area contributed by atoms with Gasteiger partial charge in [0.05, 0.1) is 6.04 Å². The molecule has 0 bridgehead atoms. The maximum absolute atomic E-state index is 12.1. The van der Waals surface area contributed by atoms with E-state index in [0.29, 0.717) is 13.2 Å². The highest BCUT2D eigenvalue weighted by molar-refractivity contribution is 5.73. The summed E-state index contributed by atoms with van der Waals surface area (Å²) >= 11 is 0. The molecule has 1 atom stereocenters. The maximum atomic E-state index is 12.1. The van der Waals surface area contributed by atoms with Crippen LogP contribution >= 0.6 is 0 Å². The first-order valence-corrected chi connectivity index (χ1v) is 8.96. The average Bonchev–Trinajstić information content (AvgIpc) is 2.86. The van der Waals surface area contributed by atoms with Gasteiger partial charge in [-0.1, -0.05) is 57.8 Å². The standard InChI is InChI=1S/C15H21NO3.C4H10/c17-11-14-9-5-2-6-10-16(14)15(18)19-12-13-7-3-1-4-8-13;1-3-4-2/h1,3,7,11,14H,2,4-6,8-10,12H2;3-4H2,1-2H3/t14-;/m0./s1. The van der Waals surface area contributed by atoms with E-state index in [4.69, 9.17) is 4.74 Å². The maximum Gasteiger partial charge on any atom is 0.410 e. The lowest BCUT2D eigenvalue weighted by Gasteiger charge is -2.25. The predicted octanol–water partition coefficient (Wildman–Crippen LogP) is 4.65. The Morgan fingerprint density at radius 3 is 2.70 bits per heavy atom. The Kier molecular flexibility index (Phi) is 10.1. The lowest BCUT2D eigenvalue weighted by atomic mass is 10.1. The summed E-state index contributed by atoms with van der Waals surface area (Å²) < 4.78 is 5.33. The molecule has 4 nitrogen and oxygen atoms in total. The minimum Gasteiger partial charge on any atom is -0.445 e. The van der Waals surface area contributed by atoms with Gasteiger partial charge in [-0.2, -0.15) is 0 Å². The van der Waals surface area contributed by atoms with Crippen molar-refractivity contribution in [2.45, 2.75) is 71.3 Å². The van der Waals surface area contributed by atoms with Crippen LogP contribution < -0.4 is 0 Å². The first-order chi connectivity index (χ1) is 11.2. The van der Waals surface area contributed by atoms with Crippen LogP contribution in [-0.4, -0.2) is 36.5 Å². The van der Waals surface area contributed by atoms with Gasteiger partial charge in [0, 0.05) is 6.54 Å². The largest absolute Gasteiger partial charge is 0.445 e. The second kappa shape index (κ2) is 11.9. The van der Waals surface area contributed by atoms with Crippen molar-refractivity contribution in [2.75, 3.05) is 13.2 Å². The molecule has 130 valence electrons. The normalized spacial score (nSPS) is 20.7. The topological polar surface area (TPSA) is 46.6 Å². The summed E-state index contributed by atoms with van der Waals surface area (Å²) in [6.45, 7) is 5.33. The fourth-order valence-corrected chi connectivity index (χ4v) is 2.51. The van der Waals surface area contributed by atoms with Gasteiger partial charge < -0.3 is 9.53 Å². The van der Waals surface area contributed by atoms with E-state index in [0.717, 1.165) is 50.4 Å². The Bertz CT molecular complexity index is 413. The van der Waals surface area contributed by atoms with Crippen LogP contribution in [0.3, 0.4) is 0 Å². The van der Waals surface area contributed by atoms with Crippen LogP contribution in [-0.2, 0) is 9.53 Å². The molecular formula is C19H31NO3. The molecule has 2 aliphatic rings. The van der Waals surface area contributed by atoms with Crippen molar-refractivity contribution >= 4 is 12.4 Å². The minimum atomic E-state index is -0.352. The van der Waals surface area contributed by atoms with Gasteiger partial charge in [-0.05, 0) is 31.3 Å². The molecule has 23 heavy (non-hydrogen) atoms. The third-order valence-electron chi connectivity index (χ3n) is 4.17. The number of hydrogen-bond acceptors (Lipinski definition) is 3. The summed E-state index contributed by atoms with van der Waals surface area (Å²) in [4.78, 5) is 24.7. The lowest BCUT2D eigenvalue weighted by molar-refractivity contribution is -0.112. The Morgan fingerprint density at radius 1 is 1.30 bits per heavy atom. The number of carbonyl (C=O) groups is 2. The number of allylic oxidation sites excluding steroid dienone is 3. The molecule has 1 amide bonds. The third-order valence-corrected chi connectivity index (χ3v) is 4.17. The van der Waals surface area contributed by atoms with Gasteiger partial charge in [0.15, 0.2) is 0 Å². The lowest BCUT2D eigenvalue weighted by Crippen LogP contribution is -2.41. The Morgan fingerprint density at radius 2 is 2.09 bits per heavy atom. The molecule has 1 saturated heterocycles. The summed E-state index contributed by atoms with van der Waals surface area (Å²) in [5.74, 6) is 0. The number of unbranched alkanes of at least 4 members (excludes halogenated alkanes) is 1. The summed E-state index contributed by atoms with van der Waals surface area (Å²) in [7, 11) is 0. The number of amides is 1. The molecule has 1 heterocycles. The van der Waals surface area contributed by atoms with Gasteiger partial charge >= 0.3 is 6.09 Å². The molecule has 0 aromatic heterocycles. The monoisotopic (exact) mass is 321 g/mol. The molecular weight excluding hydrogens is 290 g/mol. The zero-order chi connectivity index (χ0) is 16.9. The minimum absolute atomic E-state index is 0.310. The Labute approximate surface area is 140 Å². The summed E-state index contributed by atoms with van der Waals surface area (Å²) in [6, 6.07) is -0.310. The number of aldehydes is 1. The third kappa shape index (κ3) is 7.49. The Hall–Kier alpha value is -1.58. The van der Waals surface area contributed by atoms with Crippen LogP contribution in [0.4, 0.5) is 4.79 Å². The van der Waals surface area contributed by atoms with Crippen molar-refractivity contribution in [1.82, 2.24) is 4.90 Å².